The van der Waals surface area contributed by atoms with Crippen LogP contribution in [0.3, 0.4) is 0 Å². The van der Waals surface area contributed by atoms with Gasteiger partial charge in [-0.1, -0.05) is 48.5 Å². The Kier molecular flexibility index (Phi) is 5.75. The summed E-state index contributed by atoms with van der Waals surface area (Å²) in [4.78, 5) is 31.1. The van der Waals surface area contributed by atoms with Crippen molar-refractivity contribution >= 4 is 16.8 Å². The van der Waals surface area contributed by atoms with Crippen LogP contribution in [0.2, 0.25) is 0 Å². The molecular formula is C21H20N6O3. The number of benzene rings is 2. The fraction of sp³-hybridized carbons (Fsp3) is 0.143. The van der Waals surface area contributed by atoms with Crippen LogP contribution in [-0.2, 0) is 23.3 Å². The minimum Gasteiger partial charge on any atom is -0.324 e. The number of para-hydroxylation sites is 1. The van der Waals surface area contributed by atoms with Gasteiger partial charge in [-0.2, -0.15) is 15.9 Å². The third-order valence-electron chi connectivity index (χ3n) is 4.57. The van der Waals surface area contributed by atoms with E-state index >= 15 is 0 Å². The number of aromatic nitrogens is 4. The number of fused-ring (bicyclic) bond motifs is 1. The van der Waals surface area contributed by atoms with E-state index in [1.807, 2.05) is 54.6 Å². The average Bonchev–Trinajstić information content (AvgIpc) is 3.16. The molecule has 1 atom stereocenters. The van der Waals surface area contributed by atoms with E-state index in [1.54, 1.807) is 17.9 Å². The number of nitrogens with zero attached hydrogens (tertiary/aromatic N) is 4. The molecule has 2 aromatic heterocycles. The maximum Gasteiger partial charge on any atom is 0.257 e. The van der Waals surface area contributed by atoms with E-state index in [0.29, 0.717) is 23.4 Å². The van der Waals surface area contributed by atoms with Gasteiger partial charge in [0.15, 0.2) is 6.23 Å². The lowest BCUT2D eigenvalue weighted by Gasteiger charge is -2.16. The van der Waals surface area contributed by atoms with Gasteiger partial charge in [0.1, 0.15) is 17.7 Å². The van der Waals surface area contributed by atoms with E-state index in [-0.39, 0.29) is 0 Å². The van der Waals surface area contributed by atoms with Crippen LogP contribution in [0.1, 0.15) is 15.9 Å². The Labute approximate surface area is 172 Å². The molecule has 0 aliphatic heterocycles. The van der Waals surface area contributed by atoms with Gasteiger partial charge in [0, 0.05) is 25.1 Å². The first-order chi connectivity index (χ1) is 14.7. The summed E-state index contributed by atoms with van der Waals surface area (Å²) in [6.45, 7) is 0. The fourth-order valence-electron chi connectivity index (χ4n) is 3.25. The van der Waals surface area contributed by atoms with E-state index in [1.165, 1.54) is 6.33 Å². The molecule has 0 saturated carbocycles. The van der Waals surface area contributed by atoms with Crippen LogP contribution in [0.25, 0.3) is 22.3 Å². The van der Waals surface area contributed by atoms with Gasteiger partial charge in [-0.3, -0.25) is 9.48 Å². The van der Waals surface area contributed by atoms with Crippen molar-refractivity contribution < 1.29 is 14.7 Å². The number of carbonyl (C=O) groups is 1. The Bertz CT molecular complexity index is 1160. The highest BCUT2D eigenvalue weighted by atomic mass is 17.3. The summed E-state index contributed by atoms with van der Waals surface area (Å²) in [5.74, 6) is 4.69. The minimum atomic E-state index is -0.792. The first-order valence-electron chi connectivity index (χ1n) is 9.26. The molecule has 2 heterocycles. The molecule has 0 radical (unpaired) electrons. The molecule has 4 rings (SSSR count). The number of hydrogen-bond acceptors (Lipinski definition) is 7. The maximum absolute atomic E-state index is 13.1. The van der Waals surface area contributed by atoms with Crippen LogP contribution in [0, 0.1) is 0 Å². The Morgan fingerprint density at radius 3 is 2.67 bits per heavy atom. The van der Waals surface area contributed by atoms with Crippen LogP contribution in [0.4, 0.5) is 0 Å². The van der Waals surface area contributed by atoms with Gasteiger partial charge in [-0.05, 0) is 11.6 Å². The molecule has 2 aromatic carbocycles. The van der Waals surface area contributed by atoms with Gasteiger partial charge in [-0.25, -0.2) is 9.97 Å². The number of aryl methyl sites for hydroxylation is 1. The molecule has 0 aliphatic carbocycles. The Hall–Kier alpha value is -3.66. The quantitative estimate of drug-likeness (QED) is 0.275. The van der Waals surface area contributed by atoms with E-state index in [0.717, 1.165) is 16.5 Å². The van der Waals surface area contributed by atoms with Crippen LogP contribution in [0.15, 0.2) is 67.1 Å². The van der Waals surface area contributed by atoms with Crippen LogP contribution >= 0.6 is 0 Å². The number of nitrogens with one attached hydrogen (secondary N) is 1. The van der Waals surface area contributed by atoms with Crippen LogP contribution in [-0.4, -0.2) is 31.9 Å². The van der Waals surface area contributed by atoms with Gasteiger partial charge in [0.05, 0.1) is 11.1 Å². The Morgan fingerprint density at radius 2 is 1.87 bits per heavy atom. The zero-order valence-corrected chi connectivity index (χ0v) is 16.2. The molecule has 9 nitrogen and oxygen atoms in total. The summed E-state index contributed by atoms with van der Waals surface area (Å²) in [6.07, 6.45) is 2.66. The summed E-state index contributed by atoms with van der Waals surface area (Å²) in [5, 5.41) is 8.05. The summed E-state index contributed by atoms with van der Waals surface area (Å²) in [5.41, 5.74) is 3.08. The average molecular weight is 404 g/mol. The summed E-state index contributed by atoms with van der Waals surface area (Å²) in [6, 6.07) is 17.1. The molecular weight excluding hydrogens is 384 g/mol. The Morgan fingerprint density at radius 1 is 1.10 bits per heavy atom. The molecule has 1 amide bonds. The van der Waals surface area contributed by atoms with Gasteiger partial charge in [0.25, 0.3) is 5.91 Å². The summed E-state index contributed by atoms with van der Waals surface area (Å²) < 4.78 is 1.56. The lowest BCUT2D eigenvalue weighted by Crippen LogP contribution is -2.39. The number of rotatable bonds is 7. The second-order valence-corrected chi connectivity index (χ2v) is 6.65. The molecule has 0 fully saturated rings. The van der Waals surface area contributed by atoms with Crippen molar-refractivity contribution in [1.82, 2.24) is 25.1 Å². The van der Waals surface area contributed by atoms with E-state index in [2.05, 4.69) is 25.4 Å². The molecule has 152 valence electrons. The second kappa shape index (κ2) is 8.78. The standard InChI is InChI=1S/C21H20N6O3/c1-27-12-16(20(26-27)19-15-9-5-6-10-17(15)23-13-24-19)21(28)25-18(29-30-22)11-14-7-3-2-4-8-14/h2-10,12-13,18H,11,22H2,1H3,(H,25,28). The predicted octanol–water partition coefficient (Wildman–Crippen LogP) is 2.15. The molecule has 1 unspecified atom stereocenters. The highest BCUT2D eigenvalue weighted by Gasteiger charge is 2.23. The third-order valence-corrected chi connectivity index (χ3v) is 4.57. The van der Waals surface area contributed by atoms with E-state index in [4.69, 9.17) is 10.8 Å². The summed E-state index contributed by atoms with van der Waals surface area (Å²) >= 11 is 0. The first-order valence-corrected chi connectivity index (χ1v) is 9.26. The minimum absolute atomic E-state index is 0.347. The largest absolute Gasteiger partial charge is 0.324 e. The smallest absolute Gasteiger partial charge is 0.257 e. The molecule has 0 spiro atoms. The van der Waals surface area contributed by atoms with Crippen molar-refractivity contribution in [3.8, 4) is 11.4 Å². The van der Waals surface area contributed by atoms with Crippen molar-refractivity contribution in [3.05, 3.63) is 78.2 Å². The topological polar surface area (TPSA) is 117 Å². The van der Waals surface area contributed by atoms with Gasteiger partial charge in [0.2, 0.25) is 0 Å². The van der Waals surface area contributed by atoms with Crippen molar-refractivity contribution in [2.24, 2.45) is 12.9 Å². The number of amides is 1. The fourth-order valence-corrected chi connectivity index (χ4v) is 3.25. The molecule has 0 aliphatic rings. The van der Waals surface area contributed by atoms with Crippen molar-refractivity contribution in [3.63, 3.8) is 0 Å². The molecule has 3 N–H and O–H groups in total. The van der Waals surface area contributed by atoms with Crippen molar-refractivity contribution in [1.29, 1.82) is 0 Å². The van der Waals surface area contributed by atoms with Crippen molar-refractivity contribution in [2.45, 2.75) is 12.6 Å². The second-order valence-electron chi connectivity index (χ2n) is 6.65. The van der Waals surface area contributed by atoms with Gasteiger partial charge < -0.3 is 5.32 Å². The SMILES string of the molecule is Cn1cc(C(=O)NC(Cc2ccccc2)OON)c(-c2ncnc3ccccc23)n1. The lowest BCUT2D eigenvalue weighted by molar-refractivity contribution is -0.332. The number of nitrogens with two attached hydrogens (primary N) is 1. The van der Waals surface area contributed by atoms with Gasteiger partial charge in [-0.15, -0.1) is 4.99 Å². The molecule has 30 heavy (non-hydrogen) atoms. The Balaban J connectivity index is 1.65. The van der Waals surface area contributed by atoms with Crippen LogP contribution in [0.5, 0.6) is 0 Å². The zero-order chi connectivity index (χ0) is 20.9. The third kappa shape index (κ3) is 4.18. The molecule has 0 bridgehead atoms. The van der Waals surface area contributed by atoms with Gasteiger partial charge >= 0.3 is 0 Å². The monoisotopic (exact) mass is 404 g/mol. The number of carbonyl (C=O) groups excluding carboxylic acids is 1. The normalized spacial score (nSPS) is 12.1. The van der Waals surface area contributed by atoms with E-state index < -0.39 is 12.1 Å². The molecule has 4 aromatic rings. The number of hydrogen-bond donors (Lipinski definition) is 2. The van der Waals surface area contributed by atoms with Crippen molar-refractivity contribution in [2.75, 3.05) is 0 Å². The van der Waals surface area contributed by atoms with Crippen LogP contribution < -0.4 is 11.2 Å². The summed E-state index contributed by atoms with van der Waals surface area (Å²) in [7, 11) is 1.74. The first kappa shape index (κ1) is 19.6. The highest BCUT2D eigenvalue weighted by molar-refractivity contribution is 6.03. The molecule has 9 heteroatoms. The predicted molar refractivity (Wildman–Crippen MR) is 109 cm³/mol. The zero-order valence-electron chi connectivity index (χ0n) is 16.2. The molecule has 0 saturated heterocycles. The maximum atomic E-state index is 13.1. The lowest BCUT2D eigenvalue weighted by atomic mass is 10.1. The van der Waals surface area contributed by atoms with E-state index in [9.17, 15) is 4.79 Å². The highest BCUT2D eigenvalue weighted by Crippen LogP contribution is 2.26.